The molecule has 0 aliphatic rings. The molecule has 0 amide bonds. The average Bonchev–Trinajstić information content (AvgIpc) is 3.16. The van der Waals surface area contributed by atoms with Crippen molar-refractivity contribution in [3.05, 3.63) is 40.0 Å². The average molecular weight is 367 g/mol. The number of rotatable bonds is 4. The predicted molar refractivity (Wildman–Crippen MR) is 104 cm³/mol. The van der Waals surface area contributed by atoms with Gasteiger partial charge in [0.15, 0.2) is 0 Å². The maximum absolute atomic E-state index is 12.1. The van der Waals surface area contributed by atoms with Crippen molar-refractivity contribution in [2.24, 2.45) is 0 Å². The lowest BCUT2D eigenvalue weighted by Gasteiger charge is -2.11. The van der Waals surface area contributed by atoms with E-state index in [1.54, 1.807) is 6.92 Å². The van der Waals surface area contributed by atoms with Gasteiger partial charge in [0.1, 0.15) is 16.0 Å². The molecule has 0 saturated carbocycles. The van der Waals surface area contributed by atoms with Gasteiger partial charge in [-0.1, -0.05) is 0 Å². The molecule has 6 heteroatoms. The van der Waals surface area contributed by atoms with Gasteiger partial charge in [-0.25, -0.2) is 9.78 Å². The van der Waals surface area contributed by atoms with E-state index >= 15 is 0 Å². The zero-order valence-electron chi connectivity index (χ0n) is 15.6. The van der Waals surface area contributed by atoms with Crippen LogP contribution in [0.15, 0.2) is 18.3 Å². The predicted octanol–water partition coefficient (Wildman–Crippen LogP) is 5.01. The molecule has 26 heavy (non-hydrogen) atoms. The number of aryl methyl sites for hydroxylation is 2. The number of carbonyl (C=O) groups is 1. The van der Waals surface area contributed by atoms with E-state index in [0.717, 1.165) is 27.0 Å². The smallest absolute Gasteiger partial charge is 0.350 e. The van der Waals surface area contributed by atoms with Gasteiger partial charge in [-0.3, -0.25) is 0 Å². The SMILES string of the molecule is CCOC(=O)c1sc(-c2cc(C)c3c(c2)c(C#N)cn3C(C)C)nc1C. The third kappa shape index (κ3) is 2.99. The maximum atomic E-state index is 12.1. The third-order valence-electron chi connectivity index (χ3n) is 4.30. The summed E-state index contributed by atoms with van der Waals surface area (Å²) in [6.07, 6.45) is 1.91. The number of carbonyl (C=O) groups excluding carboxylic acids is 1. The van der Waals surface area contributed by atoms with Crippen LogP contribution in [-0.2, 0) is 4.74 Å². The van der Waals surface area contributed by atoms with Crippen LogP contribution in [-0.4, -0.2) is 22.1 Å². The van der Waals surface area contributed by atoms with Crippen LogP contribution in [0.2, 0.25) is 0 Å². The Kier molecular flexibility index (Phi) is 4.84. The van der Waals surface area contributed by atoms with Crippen LogP contribution >= 0.6 is 11.3 Å². The van der Waals surface area contributed by atoms with Gasteiger partial charge in [0.05, 0.1) is 23.4 Å². The Balaban J connectivity index is 2.17. The Labute approximate surface area is 156 Å². The lowest BCUT2D eigenvalue weighted by atomic mass is 10.1. The van der Waals surface area contributed by atoms with Gasteiger partial charge >= 0.3 is 5.97 Å². The second kappa shape index (κ2) is 6.93. The Morgan fingerprint density at radius 1 is 1.38 bits per heavy atom. The van der Waals surface area contributed by atoms with E-state index in [-0.39, 0.29) is 12.0 Å². The molecule has 0 atom stereocenters. The summed E-state index contributed by atoms with van der Waals surface area (Å²) < 4.78 is 7.23. The largest absolute Gasteiger partial charge is 0.462 e. The number of hydrogen-bond acceptors (Lipinski definition) is 5. The van der Waals surface area contributed by atoms with Crippen molar-refractivity contribution in [2.45, 2.75) is 40.7 Å². The van der Waals surface area contributed by atoms with E-state index < -0.39 is 0 Å². The van der Waals surface area contributed by atoms with Gasteiger partial charge in [-0.05, 0) is 52.3 Å². The molecule has 2 heterocycles. The maximum Gasteiger partial charge on any atom is 0.350 e. The molecule has 2 aromatic heterocycles. The highest BCUT2D eigenvalue weighted by atomic mass is 32.1. The molecule has 0 unspecified atom stereocenters. The zero-order chi connectivity index (χ0) is 19.0. The summed E-state index contributed by atoms with van der Waals surface area (Å²) in [7, 11) is 0. The summed E-state index contributed by atoms with van der Waals surface area (Å²) >= 11 is 1.33. The molecular weight excluding hydrogens is 346 g/mol. The molecule has 0 aliphatic heterocycles. The quantitative estimate of drug-likeness (QED) is 0.608. The van der Waals surface area contributed by atoms with Gasteiger partial charge < -0.3 is 9.30 Å². The molecule has 5 nitrogen and oxygen atoms in total. The van der Waals surface area contributed by atoms with Crippen LogP contribution < -0.4 is 0 Å². The van der Waals surface area contributed by atoms with Gasteiger partial charge in [0.2, 0.25) is 0 Å². The molecule has 0 saturated heterocycles. The summed E-state index contributed by atoms with van der Waals surface area (Å²) in [6, 6.07) is 6.61. The molecule has 0 aliphatic carbocycles. The summed E-state index contributed by atoms with van der Waals surface area (Å²) in [4.78, 5) is 17.2. The standard InChI is InChI=1S/C20H21N3O2S/c1-6-25-20(24)18-13(5)22-19(26-18)14-7-12(4)17-16(8-14)15(9-21)10-23(17)11(2)3/h7-8,10-11H,6H2,1-5H3. The molecule has 134 valence electrons. The van der Waals surface area contributed by atoms with Gasteiger partial charge in [-0.15, -0.1) is 11.3 Å². The number of ether oxygens (including phenoxy) is 1. The van der Waals surface area contributed by atoms with Crippen molar-refractivity contribution in [3.8, 4) is 16.6 Å². The first-order valence-electron chi connectivity index (χ1n) is 8.57. The molecule has 0 bridgehead atoms. The summed E-state index contributed by atoms with van der Waals surface area (Å²) in [5, 5.41) is 11.2. The summed E-state index contributed by atoms with van der Waals surface area (Å²) in [5.74, 6) is -0.338. The number of fused-ring (bicyclic) bond motifs is 1. The van der Waals surface area contributed by atoms with Gasteiger partial charge in [0, 0.05) is 23.2 Å². The molecule has 1 aromatic carbocycles. The van der Waals surface area contributed by atoms with Gasteiger partial charge in [0.25, 0.3) is 0 Å². The number of nitriles is 1. The minimum absolute atomic E-state index is 0.265. The van der Waals surface area contributed by atoms with Crippen molar-refractivity contribution >= 4 is 28.2 Å². The van der Waals surface area contributed by atoms with E-state index in [9.17, 15) is 10.1 Å². The fourth-order valence-corrected chi connectivity index (χ4v) is 4.07. The Hall–Kier alpha value is -2.65. The van der Waals surface area contributed by atoms with Crippen LogP contribution in [0.1, 0.15) is 53.3 Å². The number of benzene rings is 1. The Bertz CT molecular complexity index is 1040. The highest BCUT2D eigenvalue weighted by molar-refractivity contribution is 7.17. The molecule has 0 radical (unpaired) electrons. The topological polar surface area (TPSA) is 67.9 Å². The molecule has 0 N–H and O–H groups in total. The first-order chi connectivity index (χ1) is 12.4. The first kappa shape index (κ1) is 18.2. The molecule has 0 spiro atoms. The number of nitrogens with zero attached hydrogens (tertiary/aromatic N) is 3. The Morgan fingerprint density at radius 2 is 2.12 bits per heavy atom. The van der Waals surface area contributed by atoms with Crippen molar-refractivity contribution in [1.82, 2.24) is 9.55 Å². The second-order valence-corrected chi connectivity index (χ2v) is 7.50. The third-order valence-corrected chi connectivity index (χ3v) is 5.48. The van der Waals surface area contributed by atoms with Crippen LogP contribution in [0.3, 0.4) is 0 Å². The number of hydrogen-bond donors (Lipinski definition) is 0. The van der Waals surface area contributed by atoms with Crippen molar-refractivity contribution in [2.75, 3.05) is 6.61 Å². The number of thiazole rings is 1. The van der Waals surface area contributed by atoms with Crippen LogP contribution in [0.4, 0.5) is 0 Å². The molecule has 3 rings (SSSR count). The van der Waals surface area contributed by atoms with Crippen LogP contribution in [0.5, 0.6) is 0 Å². The lowest BCUT2D eigenvalue weighted by Crippen LogP contribution is -2.03. The first-order valence-corrected chi connectivity index (χ1v) is 9.39. The van der Waals surface area contributed by atoms with Crippen LogP contribution in [0, 0.1) is 25.2 Å². The molecular formula is C20H21N3O2S. The zero-order valence-corrected chi connectivity index (χ0v) is 16.4. The van der Waals surface area contributed by atoms with Crippen LogP contribution in [0.25, 0.3) is 21.5 Å². The minimum Gasteiger partial charge on any atom is -0.462 e. The van der Waals surface area contributed by atoms with E-state index in [2.05, 4.69) is 35.5 Å². The second-order valence-electron chi connectivity index (χ2n) is 6.50. The number of aromatic nitrogens is 2. The fraction of sp³-hybridized carbons (Fsp3) is 0.350. The van der Waals surface area contributed by atoms with E-state index in [0.29, 0.717) is 22.7 Å². The van der Waals surface area contributed by atoms with Gasteiger partial charge in [-0.2, -0.15) is 5.26 Å². The van der Waals surface area contributed by atoms with E-state index in [1.807, 2.05) is 26.1 Å². The normalized spacial score (nSPS) is 11.1. The van der Waals surface area contributed by atoms with Crippen molar-refractivity contribution in [3.63, 3.8) is 0 Å². The molecule has 0 fully saturated rings. The van der Waals surface area contributed by atoms with E-state index in [1.165, 1.54) is 11.3 Å². The lowest BCUT2D eigenvalue weighted by molar-refractivity contribution is 0.0531. The fourth-order valence-electron chi connectivity index (χ4n) is 3.13. The Morgan fingerprint density at radius 3 is 2.73 bits per heavy atom. The van der Waals surface area contributed by atoms with Crippen molar-refractivity contribution in [1.29, 1.82) is 5.26 Å². The highest BCUT2D eigenvalue weighted by Gasteiger charge is 2.19. The monoisotopic (exact) mass is 367 g/mol. The summed E-state index contributed by atoms with van der Waals surface area (Å²) in [6.45, 7) is 10.2. The summed E-state index contributed by atoms with van der Waals surface area (Å²) in [5.41, 5.74) is 4.38. The highest BCUT2D eigenvalue weighted by Crippen LogP contribution is 2.35. The van der Waals surface area contributed by atoms with E-state index in [4.69, 9.17) is 4.74 Å². The minimum atomic E-state index is -0.338. The molecule has 3 aromatic rings. The van der Waals surface area contributed by atoms with Crippen molar-refractivity contribution < 1.29 is 9.53 Å². The number of esters is 1.